The Hall–Kier alpha value is -1.70. The van der Waals surface area contributed by atoms with Crippen molar-refractivity contribution in [2.24, 2.45) is 0 Å². The van der Waals surface area contributed by atoms with Crippen molar-refractivity contribution < 1.29 is 13.9 Å². The minimum absolute atomic E-state index is 0. The molecule has 1 heterocycles. The van der Waals surface area contributed by atoms with Gasteiger partial charge in [0.2, 0.25) is 5.91 Å². The van der Waals surface area contributed by atoms with Gasteiger partial charge in [0.05, 0.1) is 13.2 Å². The SMILES string of the molecule is CCNCc1cccc(NC(=O)C(c2cccc(F)c2)N2CCOCC2)c1.Cl.Cl. The molecule has 2 N–H and O–H groups in total. The first-order valence-electron chi connectivity index (χ1n) is 9.35. The maximum atomic E-state index is 13.8. The first kappa shape index (κ1) is 25.3. The van der Waals surface area contributed by atoms with Crippen molar-refractivity contribution in [2.45, 2.75) is 19.5 Å². The van der Waals surface area contributed by atoms with Gasteiger partial charge in [-0.1, -0.05) is 31.2 Å². The number of amides is 1. The molecule has 5 nitrogen and oxygen atoms in total. The van der Waals surface area contributed by atoms with Gasteiger partial charge in [-0.3, -0.25) is 9.69 Å². The first-order chi connectivity index (χ1) is 13.2. The van der Waals surface area contributed by atoms with Crippen LogP contribution in [0.5, 0.6) is 0 Å². The number of benzene rings is 2. The van der Waals surface area contributed by atoms with Crippen molar-refractivity contribution >= 4 is 36.4 Å². The van der Waals surface area contributed by atoms with E-state index in [1.165, 1.54) is 12.1 Å². The van der Waals surface area contributed by atoms with E-state index in [1.807, 2.05) is 29.2 Å². The van der Waals surface area contributed by atoms with E-state index in [-0.39, 0.29) is 36.5 Å². The van der Waals surface area contributed by atoms with Crippen molar-refractivity contribution in [1.29, 1.82) is 0 Å². The number of anilines is 1. The fourth-order valence-electron chi connectivity index (χ4n) is 3.28. The fraction of sp³-hybridized carbons (Fsp3) is 0.381. The predicted molar refractivity (Wildman–Crippen MR) is 118 cm³/mol. The molecule has 1 fully saturated rings. The van der Waals surface area contributed by atoms with Gasteiger partial charge in [-0.25, -0.2) is 4.39 Å². The van der Waals surface area contributed by atoms with Crippen LogP contribution in [0.4, 0.5) is 10.1 Å². The van der Waals surface area contributed by atoms with E-state index in [4.69, 9.17) is 4.74 Å². The van der Waals surface area contributed by atoms with Gasteiger partial charge in [0, 0.05) is 25.3 Å². The quantitative estimate of drug-likeness (QED) is 0.683. The Morgan fingerprint density at radius 1 is 1.14 bits per heavy atom. The number of halogens is 3. The molecule has 1 amide bonds. The van der Waals surface area contributed by atoms with Gasteiger partial charge < -0.3 is 15.4 Å². The molecule has 0 aromatic heterocycles. The molecule has 160 valence electrons. The Morgan fingerprint density at radius 2 is 1.86 bits per heavy atom. The third-order valence-electron chi connectivity index (χ3n) is 4.60. The lowest BCUT2D eigenvalue weighted by Crippen LogP contribution is -2.43. The largest absolute Gasteiger partial charge is 0.379 e. The number of rotatable bonds is 7. The first-order valence-corrected chi connectivity index (χ1v) is 9.35. The number of nitrogens with one attached hydrogen (secondary N) is 2. The maximum Gasteiger partial charge on any atom is 0.246 e. The van der Waals surface area contributed by atoms with E-state index in [0.717, 1.165) is 24.3 Å². The Bertz CT molecular complexity index is 773. The third-order valence-corrected chi connectivity index (χ3v) is 4.60. The Labute approximate surface area is 183 Å². The van der Waals surface area contributed by atoms with E-state index >= 15 is 0 Å². The average molecular weight is 444 g/mol. The molecule has 2 aromatic carbocycles. The number of hydrogen-bond acceptors (Lipinski definition) is 4. The Balaban J connectivity index is 0.00000210. The van der Waals surface area contributed by atoms with Gasteiger partial charge in [-0.15, -0.1) is 24.8 Å². The highest BCUT2D eigenvalue weighted by molar-refractivity contribution is 5.95. The number of hydrogen-bond donors (Lipinski definition) is 2. The summed E-state index contributed by atoms with van der Waals surface area (Å²) in [6.45, 7) is 6.09. The summed E-state index contributed by atoms with van der Waals surface area (Å²) in [5, 5.41) is 6.28. The summed E-state index contributed by atoms with van der Waals surface area (Å²) < 4.78 is 19.2. The van der Waals surface area contributed by atoms with Crippen LogP contribution >= 0.6 is 24.8 Å². The van der Waals surface area contributed by atoms with Crippen LogP contribution in [0.25, 0.3) is 0 Å². The number of nitrogens with zero attached hydrogens (tertiary/aromatic N) is 1. The van der Waals surface area contributed by atoms with E-state index in [9.17, 15) is 9.18 Å². The molecule has 0 saturated carbocycles. The van der Waals surface area contributed by atoms with Gasteiger partial charge in [0.1, 0.15) is 11.9 Å². The summed E-state index contributed by atoms with van der Waals surface area (Å²) in [5.41, 5.74) is 2.49. The van der Waals surface area contributed by atoms with Gasteiger partial charge in [-0.05, 0) is 41.9 Å². The molecule has 1 saturated heterocycles. The van der Waals surface area contributed by atoms with Crippen LogP contribution in [0.1, 0.15) is 24.1 Å². The lowest BCUT2D eigenvalue weighted by molar-refractivity contribution is -0.123. The summed E-state index contributed by atoms with van der Waals surface area (Å²) in [6.07, 6.45) is 0. The molecule has 0 radical (unpaired) electrons. The zero-order valence-corrected chi connectivity index (χ0v) is 18.0. The van der Waals surface area contributed by atoms with Crippen LogP contribution in [0.3, 0.4) is 0 Å². The summed E-state index contributed by atoms with van der Waals surface area (Å²) >= 11 is 0. The molecule has 1 atom stereocenters. The number of morpholine rings is 1. The van der Waals surface area contributed by atoms with Crippen LogP contribution < -0.4 is 10.6 Å². The van der Waals surface area contributed by atoms with Crippen molar-refractivity contribution in [1.82, 2.24) is 10.2 Å². The van der Waals surface area contributed by atoms with Crippen molar-refractivity contribution in [3.05, 3.63) is 65.5 Å². The van der Waals surface area contributed by atoms with Crippen molar-refractivity contribution in [3.63, 3.8) is 0 Å². The highest BCUT2D eigenvalue weighted by atomic mass is 35.5. The monoisotopic (exact) mass is 443 g/mol. The molecular weight excluding hydrogens is 416 g/mol. The molecule has 0 spiro atoms. The molecule has 1 aliphatic heterocycles. The highest BCUT2D eigenvalue weighted by Crippen LogP contribution is 2.25. The molecule has 29 heavy (non-hydrogen) atoms. The van der Waals surface area contributed by atoms with Gasteiger partial charge in [0.15, 0.2) is 0 Å². The molecule has 1 aliphatic rings. The zero-order valence-electron chi connectivity index (χ0n) is 16.4. The normalized spacial score (nSPS) is 15.0. The molecular formula is C21H28Cl2FN3O2. The maximum absolute atomic E-state index is 13.8. The number of carbonyl (C=O) groups excluding carboxylic acids is 1. The van der Waals surface area contributed by atoms with Gasteiger partial charge >= 0.3 is 0 Å². The van der Waals surface area contributed by atoms with Crippen LogP contribution in [-0.4, -0.2) is 43.7 Å². The minimum Gasteiger partial charge on any atom is -0.379 e. The summed E-state index contributed by atoms with van der Waals surface area (Å²) in [7, 11) is 0. The van der Waals surface area contributed by atoms with E-state index in [0.29, 0.717) is 31.9 Å². The lowest BCUT2D eigenvalue weighted by Gasteiger charge is -2.33. The summed E-state index contributed by atoms with van der Waals surface area (Å²) in [4.78, 5) is 15.2. The standard InChI is InChI=1S/C21H26FN3O2.2ClH/c1-2-23-15-16-5-3-8-19(13-16)24-21(26)20(25-9-11-27-12-10-25)17-6-4-7-18(22)14-17;;/h3-8,13-14,20,23H,2,9-12,15H2,1H3,(H,24,26);2*1H. The Kier molecular flexibility index (Phi) is 11.2. The third kappa shape index (κ3) is 7.24. The molecule has 3 rings (SSSR count). The average Bonchev–Trinajstić information content (AvgIpc) is 2.68. The fourth-order valence-corrected chi connectivity index (χ4v) is 3.28. The van der Waals surface area contributed by atoms with Crippen LogP contribution in [0, 0.1) is 5.82 Å². The Morgan fingerprint density at radius 3 is 2.55 bits per heavy atom. The second-order valence-electron chi connectivity index (χ2n) is 6.58. The van der Waals surface area contributed by atoms with Crippen LogP contribution in [0.2, 0.25) is 0 Å². The molecule has 1 unspecified atom stereocenters. The molecule has 8 heteroatoms. The van der Waals surface area contributed by atoms with E-state index in [2.05, 4.69) is 17.6 Å². The predicted octanol–water partition coefficient (Wildman–Crippen LogP) is 3.79. The van der Waals surface area contributed by atoms with Crippen molar-refractivity contribution in [2.75, 3.05) is 38.2 Å². The molecule has 2 aromatic rings. The van der Waals surface area contributed by atoms with Crippen LogP contribution in [-0.2, 0) is 16.1 Å². The van der Waals surface area contributed by atoms with Crippen LogP contribution in [0.15, 0.2) is 48.5 Å². The topological polar surface area (TPSA) is 53.6 Å². The van der Waals surface area contributed by atoms with E-state index < -0.39 is 6.04 Å². The zero-order chi connectivity index (χ0) is 19.1. The minimum atomic E-state index is -0.554. The lowest BCUT2D eigenvalue weighted by atomic mass is 10.0. The summed E-state index contributed by atoms with van der Waals surface area (Å²) in [6, 6.07) is 13.5. The number of ether oxygens (including phenoxy) is 1. The second-order valence-corrected chi connectivity index (χ2v) is 6.58. The van der Waals surface area contributed by atoms with Gasteiger partial charge in [-0.2, -0.15) is 0 Å². The number of carbonyl (C=O) groups is 1. The highest BCUT2D eigenvalue weighted by Gasteiger charge is 2.29. The van der Waals surface area contributed by atoms with E-state index in [1.54, 1.807) is 12.1 Å². The summed E-state index contributed by atoms with van der Waals surface area (Å²) in [5.74, 6) is -0.505. The van der Waals surface area contributed by atoms with Gasteiger partial charge in [0.25, 0.3) is 0 Å². The van der Waals surface area contributed by atoms with Crippen molar-refractivity contribution in [3.8, 4) is 0 Å². The molecule has 0 aliphatic carbocycles. The second kappa shape index (κ2) is 12.8. The smallest absolute Gasteiger partial charge is 0.246 e. The molecule has 0 bridgehead atoms.